The Morgan fingerprint density at radius 3 is 2.47 bits per heavy atom. The van der Waals surface area contributed by atoms with Crippen LogP contribution in [0.3, 0.4) is 0 Å². The molecule has 0 bridgehead atoms. The Hall–Kier alpha value is -3.78. The summed E-state index contributed by atoms with van der Waals surface area (Å²) in [7, 11) is 3.66. The second-order valence-corrected chi connectivity index (χ2v) is 12.2. The molecule has 1 saturated carbocycles. The van der Waals surface area contributed by atoms with E-state index in [2.05, 4.69) is 20.2 Å². The maximum absolute atomic E-state index is 15.7. The minimum absolute atomic E-state index is 0.0214. The lowest BCUT2D eigenvalue weighted by molar-refractivity contribution is -0.138. The number of carbonyl (C=O) groups excluding carboxylic acids is 2. The fourth-order valence-electron chi connectivity index (χ4n) is 5.24. The zero-order valence-corrected chi connectivity index (χ0v) is 24.9. The number of nitrogens with one attached hydrogen (secondary N) is 2. The number of benzene rings is 1. The summed E-state index contributed by atoms with van der Waals surface area (Å²) >= 11 is 1.06. The van der Waals surface area contributed by atoms with Gasteiger partial charge in [-0.05, 0) is 45.7 Å². The van der Waals surface area contributed by atoms with Gasteiger partial charge < -0.3 is 20.1 Å². The van der Waals surface area contributed by atoms with Gasteiger partial charge in [-0.3, -0.25) is 19.3 Å². The van der Waals surface area contributed by atoms with E-state index in [-0.39, 0.29) is 45.6 Å². The van der Waals surface area contributed by atoms with Crippen molar-refractivity contribution in [2.45, 2.75) is 44.9 Å². The largest absolute Gasteiger partial charge is 0.417 e. The van der Waals surface area contributed by atoms with E-state index in [0.29, 0.717) is 37.8 Å². The van der Waals surface area contributed by atoms with Crippen molar-refractivity contribution in [1.82, 2.24) is 19.8 Å². The summed E-state index contributed by atoms with van der Waals surface area (Å²) in [5.41, 5.74) is -2.70. The first-order valence-electron chi connectivity index (χ1n) is 13.9. The van der Waals surface area contributed by atoms with Crippen LogP contribution in [0.25, 0.3) is 11.3 Å². The standard InChI is InChI=1S/C29H32F4N6O3S/c1-15-11-39(12-16(2)38(15)4)24-9-21(30)18(23-14-43-27(36-23)28(42)37(3)13-17-5-6-17)7-22(24)35-26(41)19-10-34-25(40)8-20(19)29(31,32)33/h7-10,14-17H,5-6,11-13H2,1-4H3,(H,34,40)(H,35,41). The van der Waals surface area contributed by atoms with Gasteiger partial charge in [-0.25, -0.2) is 9.37 Å². The molecule has 1 aliphatic heterocycles. The predicted octanol–water partition coefficient (Wildman–Crippen LogP) is 4.92. The van der Waals surface area contributed by atoms with Gasteiger partial charge in [0.05, 0.1) is 28.2 Å². The third-order valence-corrected chi connectivity index (χ3v) is 8.88. The highest BCUT2D eigenvalue weighted by Gasteiger charge is 2.36. The van der Waals surface area contributed by atoms with Gasteiger partial charge in [0.25, 0.3) is 11.8 Å². The maximum atomic E-state index is 15.7. The minimum atomic E-state index is -4.96. The Kier molecular flexibility index (Phi) is 8.36. The van der Waals surface area contributed by atoms with Gasteiger partial charge in [0, 0.05) is 68.0 Å². The van der Waals surface area contributed by atoms with Crippen LogP contribution >= 0.6 is 11.3 Å². The van der Waals surface area contributed by atoms with Crippen LogP contribution in [-0.2, 0) is 6.18 Å². The van der Waals surface area contributed by atoms with Crippen molar-refractivity contribution in [3.8, 4) is 11.3 Å². The molecule has 3 aromatic rings. The Morgan fingerprint density at radius 2 is 1.84 bits per heavy atom. The van der Waals surface area contributed by atoms with Crippen molar-refractivity contribution in [3.63, 3.8) is 0 Å². The number of rotatable bonds is 7. The van der Waals surface area contributed by atoms with E-state index in [4.69, 9.17) is 0 Å². The molecule has 3 heterocycles. The molecule has 2 aliphatic rings. The lowest BCUT2D eigenvalue weighted by Gasteiger charge is -2.44. The molecule has 0 spiro atoms. The summed E-state index contributed by atoms with van der Waals surface area (Å²) < 4.78 is 56.9. The topological polar surface area (TPSA) is 102 Å². The van der Waals surface area contributed by atoms with Crippen LogP contribution in [0.5, 0.6) is 0 Å². The van der Waals surface area contributed by atoms with Gasteiger partial charge in [-0.2, -0.15) is 13.2 Å². The third-order valence-electron chi connectivity index (χ3n) is 8.05. The fourth-order valence-corrected chi connectivity index (χ4v) is 6.05. The number of aromatic nitrogens is 2. The molecule has 5 rings (SSSR count). The Balaban J connectivity index is 1.53. The van der Waals surface area contributed by atoms with E-state index in [9.17, 15) is 27.6 Å². The number of halogens is 4. The number of aromatic amines is 1. The van der Waals surface area contributed by atoms with Crippen molar-refractivity contribution in [1.29, 1.82) is 0 Å². The first kappa shape index (κ1) is 30.7. The summed E-state index contributed by atoms with van der Waals surface area (Å²) in [6.45, 7) is 5.54. The molecular formula is C29H32F4N6O3S. The quantitative estimate of drug-likeness (QED) is 0.364. The highest BCUT2D eigenvalue weighted by molar-refractivity contribution is 7.12. The highest BCUT2D eigenvalue weighted by atomic mass is 32.1. The molecule has 2 N–H and O–H groups in total. The second kappa shape index (κ2) is 11.7. The molecule has 2 amide bonds. The van der Waals surface area contributed by atoms with Crippen LogP contribution in [0.2, 0.25) is 0 Å². The number of thiazole rings is 1. The number of piperazine rings is 1. The molecule has 2 fully saturated rings. The smallest absolute Gasteiger partial charge is 0.367 e. The number of amides is 2. The van der Waals surface area contributed by atoms with Gasteiger partial charge in [0.15, 0.2) is 5.01 Å². The van der Waals surface area contributed by atoms with E-state index < -0.39 is 34.6 Å². The number of hydrogen-bond acceptors (Lipinski definition) is 7. The number of nitrogens with zero attached hydrogens (tertiary/aromatic N) is 4. The van der Waals surface area contributed by atoms with Gasteiger partial charge in [0.1, 0.15) is 5.82 Å². The zero-order valence-electron chi connectivity index (χ0n) is 24.1. The minimum Gasteiger partial charge on any atom is -0.367 e. The van der Waals surface area contributed by atoms with Crippen LogP contribution < -0.4 is 15.8 Å². The molecule has 2 unspecified atom stereocenters. The summed E-state index contributed by atoms with van der Waals surface area (Å²) in [4.78, 5) is 49.9. The first-order valence-corrected chi connectivity index (χ1v) is 14.7. The monoisotopic (exact) mass is 620 g/mol. The number of anilines is 2. The number of likely N-dealkylation sites (N-methyl/N-ethyl adjacent to an activating group) is 1. The van der Waals surface area contributed by atoms with Crippen molar-refractivity contribution >= 4 is 34.5 Å². The van der Waals surface area contributed by atoms with E-state index in [1.54, 1.807) is 11.9 Å². The van der Waals surface area contributed by atoms with Crippen LogP contribution in [0.4, 0.5) is 28.9 Å². The molecule has 1 aliphatic carbocycles. The number of hydrogen-bond donors (Lipinski definition) is 2. The summed E-state index contributed by atoms with van der Waals surface area (Å²) in [5, 5.41) is 4.24. The van der Waals surface area contributed by atoms with Gasteiger partial charge >= 0.3 is 6.18 Å². The van der Waals surface area contributed by atoms with E-state index in [1.165, 1.54) is 17.5 Å². The highest BCUT2D eigenvalue weighted by Crippen LogP contribution is 2.38. The summed E-state index contributed by atoms with van der Waals surface area (Å²) in [5.74, 6) is -1.60. The van der Waals surface area contributed by atoms with Crippen molar-refractivity contribution in [2.75, 3.05) is 43.9 Å². The average molecular weight is 621 g/mol. The van der Waals surface area contributed by atoms with Crippen molar-refractivity contribution in [3.05, 3.63) is 62.1 Å². The molecular weight excluding hydrogens is 588 g/mol. The van der Waals surface area contributed by atoms with Gasteiger partial charge in [-0.1, -0.05) is 0 Å². The van der Waals surface area contributed by atoms with E-state index in [1.807, 2.05) is 25.8 Å². The predicted molar refractivity (Wildman–Crippen MR) is 156 cm³/mol. The Bertz CT molecular complexity index is 1590. The molecule has 14 heteroatoms. The number of alkyl halides is 3. The number of pyridine rings is 1. The lowest BCUT2D eigenvalue weighted by Crippen LogP contribution is -2.55. The van der Waals surface area contributed by atoms with Gasteiger partial charge in [0.2, 0.25) is 5.56 Å². The van der Waals surface area contributed by atoms with E-state index >= 15 is 4.39 Å². The number of H-pyrrole nitrogens is 1. The van der Waals surface area contributed by atoms with Gasteiger partial charge in [-0.15, -0.1) is 11.3 Å². The molecule has 2 atom stereocenters. The molecule has 43 heavy (non-hydrogen) atoms. The average Bonchev–Trinajstić information content (AvgIpc) is 3.62. The van der Waals surface area contributed by atoms with Crippen molar-refractivity contribution in [2.24, 2.45) is 5.92 Å². The first-order chi connectivity index (χ1) is 20.2. The normalized spacial score (nSPS) is 19.4. The Labute approximate surface area is 249 Å². The van der Waals surface area contributed by atoms with Crippen molar-refractivity contribution < 1.29 is 27.2 Å². The molecule has 1 aromatic carbocycles. The SMILES string of the molecule is CC1CN(c2cc(F)c(-c3csc(C(=O)N(C)CC4CC4)n3)cc2NC(=O)c2c[nH]c(=O)cc2C(F)(F)F)CC(C)N1C. The second-order valence-electron chi connectivity index (χ2n) is 11.4. The van der Waals surface area contributed by atoms with Crippen LogP contribution in [0.1, 0.15) is 52.4 Å². The fraction of sp³-hybridized carbons (Fsp3) is 0.448. The third kappa shape index (κ3) is 6.59. The Morgan fingerprint density at radius 1 is 1.16 bits per heavy atom. The lowest BCUT2D eigenvalue weighted by atomic mass is 10.0. The van der Waals surface area contributed by atoms with Crippen LogP contribution in [0, 0.1) is 11.7 Å². The van der Waals surface area contributed by atoms with Crippen LogP contribution in [-0.4, -0.2) is 77.4 Å². The molecule has 2 aromatic heterocycles. The maximum Gasteiger partial charge on any atom is 0.417 e. The molecule has 1 saturated heterocycles. The number of carbonyl (C=O) groups is 2. The molecule has 0 radical (unpaired) electrons. The zero-order chi connectivity index (χ0) is 31.2. The van der Waals surface area contributed by atoms with Crippen LogP contribution in [0.15, 0.2) is 34.6 Å². The summed E-state index contributed by atoms with van der Waals surface area (Å²) in [6.07, 6.45) is -2.11. The molecule has 9 nitrogen and oxygen atoms in total. The molecule has 230 valence electrons. The van der Waals surface area contributed by atoms with E-state index in [0.717, 1.165) is 24.2 Å². The summed E-state index contributed by atoms with van der Waals surface area (Å²) in [6, 6.07) is 3.00.